The molecule has 0 aliphatic rings. The van der Waals surface area contributed by atoms with Gasteiger partial charge in [0.15, 0.2) is 0 Å². The van der Waals surface area contributed by atoms with Gasteiger partial charge >= 0.3 is 0 Å². The van der Waals surface area contributed by atoms with Gasteiger partial charge in [-0.1, -0.05) is 11.6 Å². The number of nitrogens with zero attached hydrogens (tertiary/aromatic N) is 1. The van der Waals surface area contributed by atoms with Crippen molar-refractivity contribution < 1.29 is 9.53 Å². The van der Waals surface area contributed by atoms with Gasteiger partial charge in [0.05, 0.1) is 18.5 Å². The molecule has 0 aliphatic carbocycles. The number of rotatable bonds is 6. The number of benzene rings is 1. The van der Waals surface area contributed by atoms with Crippen LogP contribution in [0.25, 0.3) is 0 Å². The first-order valence-corrected chi connectivity index (χ1v) is 6.70. The molecule has 0 aliphatic heterocycles. The number of aromatic nitrogens is 2. The first-order chi connectivity index (χ1) is 9.65. The first kappa shape index (κ1) is 14.4. The molecular formula is C14H16ClN3O2. The summed E-state index contributed by atoms with van der Waals surface area (Å²) >= 11 is 5.94. The van der Waals surface area contributed by atoms with Crippen LogP contribution >= 0.6 is 11.6 Å². The maximum atomic E-state index is 11.6. The minimum absolute atomic E-state index is 0.0534. The normalized spacial score (nSPS) is 10.3. The highest BCUT2D eigenvalue weighted by molar-refractivity contribution is 6.31. The van der Waals surface area contributed by atoms with E-state index in [4.69, 9.17) is 16.3 Å². The lowest BCUT2D eigenvalue weighted by molar-refractivity contribution is -0.116. The zero-order valence-corrected chi connectivity index (χ0v) is 11.9. The fourth-order valence-corrected chi connectivity index (χ4v) is 1.79. The van der Waals surface area contributed by atoms with E-state index in [0.29, 0.717) is 25.1 Å². The highest BCUT2D eigenvalue weighted by Crippen LogP contribution is 2.21. The molecule has 5 nitrogen and oxygen atoms in total. The fourth-order valence-electron chi connectivity index (χ4n) is 1.67. The lowest BCUT2D eigenvalue weighted by atomic mass is 10.2. The van der Waals surface area contributed by atoms with Crippen LogP contribution in [0, 0.1) is 6.92 Å². The number of aromatic amines is 1. The molecule has 1 aromatic carbocycles. The Balaban J connectivity index is 1.68. The van der Waals surface area contributed by atoms with Gasteiger partial charge in [0.1, 0.15) is 5.75 Å². The van der Waals surface area contributed by atoms with Crippen molar-refractivity contribution in [1.82, 2.24) is 10.2 Å². The van der Waals surface area contributed by atoms with E-state index in [0.717, 1.165) is 16.3 Å². The number of anilines is 1. The Kier molecular flexibility index (Phi) is 5.01. The van der Waals surface area contributed by atoms with Crippen LogP contribution in [-0.2, 0) is 4.79 Å². The predicted octanol–water partition coefficient (Wildman–Crippen LogP) is 3.17. The lowest BCUT2D eigenvalue weighted by Gasteiger charge is -2.07. The van der Waals surface area contributed by atoms with E-state index < -0.39 is 0 Å². The largest absolute Gasteiger partial charge is 0.494 e. The Hall–Kier alpha value is -2.01. The number of halogens is 1. The third-order valence-electron chi connectivity index (χ3n) is 2.73. The Labute approximate surface area is 122 Å². The molecule has 106 valence electrons. The van der Waals surface area contributed by atoms with Gasteiger partial charge in [-0.25, -0.2) is 0 Å². The van der Waals surface area contributed by atoms with Crippen molar-refractivity contribution in [2.45, 2.75) is 19.8 Å². The van der Waals surface area contributed by atoms with Gasteiger partial charge in [-0.3, -0.25) is 9.89 Å². The molecule has 2 rings (SSSR count). The topological polar surface area (TPSA) is 67.0 Å². The third kappa shape index (κ3) is 4.28. The number of carbonyl (C=O) groups is 1. The monoisotopic (exact) mass is 293 g/mol. The summed E-state index contributed by atoms with van der Waals surface area (Å²) in [6.45, 7) is 2.41. The van der Waals surface area contributed by atoms with Crippen LogP contribution in [0.15, 0.2) is 30.6 Å². The average Bonchev–Trinajstić information content (AvgIpc) is 2.91. The van der Waals surface area contributed by atoms with Gasteiger partial charge in [0.2, 0.25) is 5.91 Å². The van der Waals surface area contributed by atoms with Gasteiger partial charge in [0, 0.05) is 17.6 Å². The van der Waals surface area contributed by atoms with Gasteiger partial charge < -0.3 is 10.1 Å². The summed E-state index contributed by atoms with van der Waals surface area (Å²) in [4.78, 5) is 11.6. The van der Waals surface area contributed by atoms with Crippen LogP contribution in [-0.4, -0.2) is 22.7 Å². The Bertz CT molecular complexity index is 570. The molecule has 0 spiro atoms. The summed E-state index contributed by atoms with van der Waals surface area (Å²) in [5.41, 5.74) is 1.64. The van der Waals surface area contributed by atoms with Crippen LogP contribution in [0.4, 0.5) is 5.69 Å². The van der Waals surface area contributed by atoms with Crippen molar-refractivity contribution in [2.75, 3.05) is 11.9 Å². The van der Waals surface area contributed by atoms with E-state index in [1.165, 1.54) is 0 Å². The fraction of sp³-hybridized carbons (Fsp3) is 0.286. The molecule has 0 saturated carbocycles. The Morgan fingerprint density at radius 1 is 1.50 bits per heavy atom. The second-order valence-electron chi connectivity index (χ2n) is 4.40. The van der Waals surface area contributed by atoms with E-state index in [2.05, 4.69) is 15.5 Å². The third-order valence-corrected chi connectivity index (χ3v) is 3.15. The van der Waals surface area contributed by atoms with Gasteiger partial charge in [-0.15, -0.1) is 0 Å². The molecule has 20 heavy (non-hydrogen) atoms. The van der Waals surface area contributed by atoms with Crippen LogP contribution in [0.5, 0.6) is 5.75 Å². The number of amides is 1. The minimum atomic E-state index is -0.0534. The van der Waals surface area contributed by atoms with Gasteiger partial charge in [-0.2, -0.15) is 5.10 Å². The Morgan fingerprint density at radius 2 is 2.35 bits per heavy atom. The second-order valence-corrected chi connectivity index (χ2v) is 4.81. The molecule has 0 radical (unpaired) electrons. The molecule has 1 aromatic heterocycles. The van der Waals surface area contributed by atoms with Crippen LogP contribution in [0.3, 0.4) is 0 Å². The summed E-state index contributed by atoms with van der Waals surface area (Å²) in [7, 11) is 0. The molecule has 0 bridgehead atoms. The lowest BCUT2D eigenvalue weighted by Crippen LogP contribution is -2.12. The average molecular weight is 294 g/mol. The highest BCUT2D eigenvalue weighted by atomic mass is 35.5. The number of ether oxygens (including phenoxy) is 1. The minimum Gasteiger partial charge on any atom is -0.494 e. The Morgan fingerprint density at radius 3 is 3.05 bits per heavy atom. The van der Waals surface area contributed by atoms with Crippen LogP contribution in [0.2, 0.25) is 5.02 Å². The number of aryl methyl sites for hydroxylation is 1. The zero-order valence-electron chi connectivity index (χ0n) is 11.1. The first-order valence-electron chi connectivity index (χ1n) is 6.33. The quantitative estimate of drug-likeness (QED) is 0.804. The number of H-pyrrole nitrogens is 1. The molecule has 0 unspecified atom stereocenters. The molecule has 0 fully saturated rings. The standard InChI is InChI=1S/C14H16ClN3O2/c1-10-7-12(4-5-13(10)15)20-6-2-3-14(19)18-11-8-16-17-9-11/h4-5,7-9H,2-3,6H2,1H3,(H,16,17)(H,18,19). The maximum absolute atomic E-state index is 11.6. The molecular weight excluding hydrogens is 278 g/mol. The van der Waals surface area contributed by atoms with Crippen molar-refractivity contribution in [3.8, 4) is 5.75 Å². The van der Waals surface area contributed by atoms with E-state index in [-0.39, 0.29) is 5.91 Å². The van der Waals surface area contributed by atoms with Gasteiger partial charge in [-0.05, 0) is 37.1 Å². The predicted molar refractivity (Wildman–Crippen MR) is 78.1 cm³/mol. The van der Waals surface area contributed by atoms with E-state index in [1.54, 1.807) is 18.5 Å². The molecule has 0 atom stereocenters. The number of nitrogens with one attached hydrogen (secondary N) is 2. The highest BCUT2D eigenvalue weighted by Gasteiger charge is 2.03. The van der Waals surface area contributed by atoms with Crippen LogP contribution < -0.4 is 10.1 Å². The number of hydrogen-bond donors (Lipinski definition) is 2. The van der Waals surface area contributed by atoms with Crippen molar-refractivity contribution in [1.29, 1.82) is 0 Å². The summed E-state index contributed by atoms with van der Waals surface area (Å²) in [5.74, 6) is 0.712. The van der Waals surface area contributed by atoms with Crippen molar-refractivity contribution in [3.05, 3.63) is 41.2 Å². The molecule has 1 heterocycles. The molecule has 2 N–H and O–H groups in total. The van der Waals surface area contributed by atoms with Crippen molar-refractivity contribution in [3.63, 3.8) is 0 Å². The SMILES string of the molecule is Cc1cc(OCCCC(=O)Nc2cn[nH]c2)ccc1Cl. The second kappa shape index (κ2) is 6.96. The molecule has 1 amide bonds. The summed E-state index contributed by atoms with van der Waals surface area (Å²) in [6, 6.07) is 5.51. The van der Waals surface area contributed by atoms with E-state index in [1.807, 2.05) is 19.1 Å². The summed E-state index contributed by atoms with van der Waals surface area (Å²) in [5, 5.41) is 9.84. The maximum Gasteiger partial charge on any atom is 0.224 e. The molecule has 0 saturated heterocycles. The van der Waals surface area contributed by atoms with Crippen LogP contribution in [0.1, 0.15) is 18.4 Å². The van der Waals surface area contributed by atoms with Crippen molar-refractivity contribution in [2.24, 2.45) is 0 Å². The van der Waals surface area contributed by atoms with E-state index >= 15 is 0 Å². The molecule has 2 aromatic rings. The number of carbonyl (C=O) groups excluding carboxylic acids is 1. The zero-order chi connectivity index (χ0) is 14.4. The van der Waals surface area contributed by atoms with Crippen molar-refractivity contribution >= 4 is 23.2 Å². The molecule has 6 heteroatoms. The van der Waals surface area contributed by atoms with E-state index in [9.17, 15) is 4.79 Å². The number of hydrogen-bond acceptors (Lipinski definition) is 3. The van der Waals surface area contributed by atoms with Gasteiger partial charge in [0.25, 0.3) is 0 Å². The summed E-state index contributed by atoms with van der Waals surface area (Å²) < 4.78 is 5.57. The smallest absolute Gasteiger partial charge is 0.224 e. The summed E-state index contributed by atoms with van der Waals surface area (Å²) in [6.07, 6.45) is 4.24.